The van der Waals surface area contributed by atoms with Crippen molar-refractivity contribution >= 4 is 15.9 Å². The molecule has 5 heavy (non-hydrogen) atoms. The number of rotatable bonds is 2. The number of hydrogen-bond donors (Lipinski definition) is 0. The summed E-state index contributed by atoms with van der Waals surface area (Å²) in [6.45, 7) is 2.67. The fourth-order valence-corrected chi connectivity index (χ4v) is 0.327. The van der Waals surface area contributed by atoms with E-state index in [1.165, 1.54) is 5.52 Å². The van der Waals surface area contributed by atoms with Gasteiger partial charge in [0.1, 0.15) is 5.52 Å². The van der Waals surface area contributed by atoms with Crippen LogP contribution in [0.5, 0.6) is 0 Å². The minimum Gasteiger partial charge on any atom is -0.364 e. The van der Waals surface area contributed by atoms with Crippen molar-refractivity contribution in [2.24, 2.45) is 0 Å². The first-order valence-corrected chi connectivity index (χ1v) is 2.37. The quantitative estimate of drug-likeness (QED) is 0.562. The van der Waals surface area contributed by atoms with E-state index in [9.17, 15) is 0 Å². The highest BCUT2D eigenvalue weighted by Crippen LogP contribution is 1.86. The van der Waals surface area contributed by atoms with Gasteiger partial charge >= 0.3 is 0 Å². The topological polar surface area (TPSA) is 9.23 Å². The predicted octanol–water partition coefficient (Wildman–Crippen LogP) is 1.54. The van der Waals surface area contributed by atoms with E-state index in [2.05, 4.69) is 20.7 Å². The third-order valence-electron chi connectivity index (χ3n) is 0.230. The van der Waals surface area contributed by atoms with Crippen molar-refractivity contribution in [2.75, 3.05) is 6.61 Å². The van der Waals surface area contributed by atoms with Crippen molar-refractivity contribution in [3.8, 4) is 0 Å². The van der Waals surface area contributed by atoms with Gasteiger partial charge in [-0.1, -0.05) is 15.9 Å². The second-order valence-electron chi connectivity index (χ2n) is 0.544. The maximum atomic E-state index is 4.62. The largest absolute Gasteiger partial charge is 0.364 e. The van der Waals surface area contributed by atoms with Gasteiger partial charge in [-0.15, -0.1) is 0 Å². The van der Waals surface area contributed by atoms with Crippen LogP contribution < -0.4 is 0 Å². The molecule has 0 aromatic carbocycles. The maximum absolute atomic E-state index is 4.62. The van der Waals surface area contributed by atoms with E-state index in [4.69, 9.17) is 0 Å². The smallest absolute Gasteiger partial charge is 0.148 e. The molecule has 0 aliphatic heterocycles. The minimum absolute atomic E-state index is 0.741. The molecule has 0 aromatic heterocycles. The van der Waals surface area contributed by atoms with Crippen molar-refractivity contribution < 1.29 is 4.74 Å². The molecule has 0 amide bonds. The second kappa shape index (κ2) is 4.44. The minimum atomic E-state index is 0.741. The molecule has 0 fully saturated rings. The monoisotopic (exact) mass is 137 g/mol. The molecular formula is C3H6BrO. The Morgan fingerprint density at radius 3 is 2.60 bits per heavy atom. The fourth-order valence-electron chi connectivity index (χ4n) is 0.0630. The highest BCUT2D eigenvalue weighted by atomic mass is 79.9. The molecule has 0 spiro atoms. The van der Waals surface area contributed by atoms with Gasteiger partial charge in [-0.25, -0.2) is 0 Å². The van der Waals surface area contributed by atoms with Crippen molar-refractivity contribution in [2.45, 2.75) is 6.92 Å². The van der Waals surface area contributed by atoms with Gasteiger partial charge in [0.2, 0.25) is 0 Å². The molecule has 1 radical (unpaired) electrons. The summed E-state index contributed by atoms with van der Waals surface area (Å²) >= 11 is 2.96. The normalized spacial score (nSPS) is 8.40. The van der Waals surface area contributed by atoms with Gasteiger partial charge in [-0.05, 0) is 6.92 Å². The molecule has 0 aliphatic rings. The third-order valence-corrected chi connectivity index (χ3v) is 0.494. The highest BCUT2D eigenvalue weighted by molar-refractivity contribution is 9.10. The van der Waals surface area contributed by atoms with E-state index < -0.39 is 0 Å². The lowest BCUT2D eigenvalue weighted by molar-refractivity contribution is 0.252. The zero-order valence-electron chi connectivity index (χ0n) is 3.07. The van der Waals surface area contributed by atoms with E-state index in [0.717, 1.165) is 6.61 Å². The van der Waals surface area contributed by atoms with Gasteiger partial charge in [0.25, 0.3) is 0 Å². The lowest BCUT2D eigenvalue weighted by atomic mass is 10.9. The molecule has 0 aromatic rings. The van der Waals surface area contributed by atoms with Crippen LogP contribution in [0.25, 0.3) is 0 Å². The molecule has 0 heterocycles. The number of halogens is 1. The van der Waals surface area contributed by atoms with Crippen LogP contribution in [0.1, 0.15) is 6.92 Å². The lowest BCUT2D eigenvalue weighted by Crippen LogP contribution is -1.75. The average Bonchev–Trinajstić information content (AvgIpc) is 1.41. The SMILES string of the molecule is CCO[CH]Br. The van der Waals surface area contributed by atoms with Crippen LogP contribution >= 0.6 is 15.9 Å². The Balaban J connectivity index is 2.19. The molecule has 0 aliphatic carbocycles. The van der Waals surface area contributed by atoms with Crippen molar-refractivity contribution in [3.05, 3.63) is 5.52 Å². The van der Waals surface area contributed by atoms with E-state index in [1.807, 2.05) is 6.92 Å². The zero-order valence-corrected chi connectivity index (χ0v) is 4.66. The van der Waals surface area contributed by atoms with Crippen molar-refractivity contribution in [1.29, 1.82) is 0 Å². The number of ether oxygens (including phenoxy) is 1. The summed E-state index contributed by atoms with van der Waals surface area (Å²) in [5, 5.41) is 0. The van der Waals surface area contributed by atoms with Crippen molar-refractivity contribution in [3.63, 3.8) is 0 Å². The average molecular weight is 138 g/mol. The third kappa shape index (κ3) is 4.44. The van der Waals surface area contributed by atoms with E-state index in [0.29, 0.717) is 0 Å². The molecule has 0 atom stereocenters. The van der Waals surface area contributed by atoms with Gasteiger partial charge in [0.15, 0.2) is 0 Å². The highest BCUT2D eigenvalue weighted by Gasteiger charge is 1.67. The molecule has 0 bridgehead atoms. The lowest BCUT2D eigenvalue weighted by Gasteiger charge is -1.83. The Hall–Kier alpha value is 0.440. The summed E-state index contributed by atoms with van der Waals surface area (Å²) in [5.41, 5.74) is 1.49. The second-order valence-corrected chi connectivity index (χ2v) is 0.918. The van der Waals surface area contributed by atoms with E-state index in [-0.39, 0.29) is 0 Å². The molecule has 2 heteroatoms. The van der Waals surface area contributed by atoms with Gasteiger partial charge in [-0.2, -0.15) is 0 Å². The van der Waals surface area contributed by atoms with Crippen LogP contribution in [-0.4, -0.2) is 6.61 Å². The molecule has 0 saturated heterocycles. The van der Waals surface area contributed by atoms with Crippen molar-refractivity contribution in [1.82, 2.24) is 0 Å². The molecule has 1 nitrogen and oxygen atoms in total. The van der Waals surface area contributed by atoms with Crippen LogP contribution in [0.15, 0.2) is 0 Å². The predicted molar refractivity (Wildman–Crippen MR) is 24.9 cm³/mol. The molecule has 0 unspecified atom stereocenters. The summed E-state index contributed by atoms with van der Waals surface area (Å²) < 4.78 is 4.62. The van der Waals surface area contributed by atoms with Gasteiger partial charge in [-0.3, -0.25) is 0 Å². The Bertz CT molecular complexity index is 14.4. The Labute approximate surface area is 40.5 Å². The molecular weight excluding hydrogens is 132 g/mol. The maximum Gasteiger partial charge on any atom is 0.148 e. The Morgan fingerprint density at radius 2 is 2.60 bits per heavy atom. The van der Waals surface area contributed by atoms with Crippen LogP contribution in [0.3, 0.4) is 0 Å². The summed E-state index contributed by atoms with van der Waals surface area (Å²) in [5.74, 6) is 0. The van der Waals surface area contributed by atoms with E-state index in [1.54, 1.807) is 0 Å². The Morgan fingerprint density at radius 1 is 2.00 bits per heavy atom. The first kappa shape index (κ1) is 5.44. The Kier molecular flexibility index (Phi) is 4.83. The first-order valence-electron chi connectivity index (χ1n) is 1.45. The van der Waals surface area contributed by atoms with Crippen LogP contribution in [0.2, 0.25) is 0 Å². The van der Waals surface area contributed by atoms with Gasteiger partial charge in [0.05, 0.1) is 0 Å². The molecule has 31 valence electrons. The summed E-state index contributed by atoms with van der Waals surface area (Å²) in [6, 6.07) is 0. The molecule has 0 N–H and O–H groups in total. The molecule has 0 rings (SSSR count). The van der Waals surface area contributed by atoms with Gasteiger partial charge < -0.3 is 4.74 Å². The summed E-state index contributed by atoms with van der Waals surface area (Å²) in [6.07, 6.45) is 0. The van der Waals surface area contributed by atoms with E-state index >= 15 is 0 Å². The number of hydrogen-bond acceptors (Lipinski definition) is 1. The van der Waals surface area contributed by atoms with Crippen LogP contribution in [0, 0.1) is 5.52 Å². The zero-order chi connectivity index (χ0) is 4.12. The fraction of sp³-hybridized carbons (Fsp3) is 0.667. The van der Waals surface area contributed by atoms with Crippen LogP contribution in [-0.2, 0) is 4.74 Å². The van der Waals surface area contributed by atoms with Crippen LogP contribution in [0.4, 0.5) is 0 Å². The molecule has 0 saturated carbocycles. The van der Waals surface area contributed by atoms with Gasteiger partial charge in [0, 0.05) is 6.61 Å². The standard InChI is InChI=1S/C3H6BrO/c1-2-5-3-4/h3H,2H2,1H3. The first-order chi connectivity index (χ1) is 2.41. The summed E-state index contributed by atoms with van der Waals surface area (Å²) in [7, 11) is 0. The summed E-state index contributed by atoms with van der Waals surface area (Å²) in [4.78, 5) is 0.